The van der Waals surface area contributed by atoms with Gasteiger partial charge in [-0.2, -0.15) is 0 Å². The van der Waals surface area contributed by atoms with E-state index in [1.807, 2.05) is 27.7 Å². The number of carbonyl (C=O) groups excluding carboxylic acids is 2. The summed E-state index contributed by atoms with van der Waals surface area (Å²) in [6.07, 6.45) is 1.43. The van der Waals surface area contributed by atoms with Crippen molar-refractivity contribution in [1.29, 1.82) is 0 Å². The van der Waals surface area contributed by atoms with Gasteiger partial charge >= 0.3 is 12.1 Å². The largest absolute Gasteiger partial charge is 0.469 e. The number of ether oxygens (including phenoxy) is 3. The average Bonchev–Trinajstić information content (AvgIpc) is 2.37. The quantitative estimate of drug-likeness (QED) is 0.746. The van der Waals surface area contributed by atoms with Gasteiger partial charge in [0.15, 0.2) is 0 Å². The molecule has 0 bridgehead atoms. The van der Waals surface area contributed by atoms with Crippen molar-refractivity contribution >= 4 is 12.1 Å². The number of rotatable bonds is 4. The van der Waals surface area contributed by atoms with E-state index in [9.17, 15) is 9.59 Å². The second-order valence-corrected chi connectivity index (χ2v) is 6.59. The monoisotopic (exact) mass is 301 g/mol. The molecule has 6 nitrogen and oxygen atoms in total. The van der Waals surface area contributed by atoms with Gasteiger partial charge in [-0.15, -0.1) is 0 Å². The van der Waals surface area contributed by atoms with Gasteiger partial charge in [0.1, 0.15) is 5.60 Å². The van der Waals surface area contributed by atoms with Gasteiger partial charge < -0.3 is 19.1 Å². The van der Waals surface area contributed by atoms with Gasteiger partial charge in [0.2, 0.25) is 0 Å². The zero-order chi connectivity index (χ0) is 16.1. The first-order chi connectivity index (χ1) is 9.65. The Morgan fingerprint density at radius 3 is 2.24 bits per heavy atom. The number of likely N-dealkylation sites (tertiary alicyclic amines) is 1. The molecule has 1 amide bonds. The van der Waals surface area contributed by atoms with Crippen LogP contribution >= 0.6 is 0 Å². The molecule has 0 spiro atoms. The van der Waals surface area contributed by atoms with Crippen LogP contribution in [0.5, 0.6) is 0 Å². The maximum absolute atomic E-state index is 12.0. The first-order valence-corrected chi connectivity index (χ1v) is 7.34. The Bertz CT molecular complexity index is 367. The van der Waals surface area contributed by atoms with Gasteiger partial charge in [0.05, 0.1) is 25.7 Å². The first-order valence-electron chi connectivity index (χ1n) is 7.34. The SMILES string of the molecule is COC(=O)CCOC1(C)CCN(C(=O)OC(C)(C)C)CC1. The summed E-state index contributed by atoms with van der Waals surface area (Å²) in [5.41, 5.74) is -0.776. The number of methoxy groups -OCH3 is 1. The van der Waals surface area contributed by atoms with Crippen LogP contribution in [0.4, 0.5) is 4.79 Å². The molecule has 1 fully saturated rings. The Kier molecular flexibility index (Phi) is 6.01. The number of amides is 1. The third-order valence-electron chi connectivity index (χ3n) is 3.46. The van der Waals surface area contributed by atoms with Crippen LogP contribution in [-0.4, -0.2) is 55.0 Å². The number of piperidine rings is 1. The fourth-order valence-electron chi connectivity index (χ4n) is 2.12. The molecule has 1 aliphatic heterocycles. The highest BCUT2D eigenvalue weighted by Crippen LogP contribution is 2.27. The lowest BCUT2D eigenvalue weighted by Crippen LogP contribution is -2.48. The molecule has 21 heavy (non-hydrogen) atoms. The van der Waals surface area contributed by atoms with Crippen LogP contribution in [0.15, 0.2) is 0 Å². The molecule has 0 unspecified atom stereocenters. The summed E-state index contributed by atoms with van der Waals surface area (Å²) in [7, 11) is 1.36. The Labute approximate surface area is 126 Å². The number of nitrogens with zero attached hydrogens (tertiary/aromatic N) is 1. The minimum atomic E-state index is -0.477. The molecule has 1 heterocycles. The summed E-state index contributed by atoms with van der Waals surface area (Å²) in [6, 6.07) is 0. The van der Waals surface area contributed by atoms with Gasteiger partial charge in [-0.1, -0.05) is 0 Å². The molecule has 0 N–H and O–H groups in total. The van der Waals surface area contributed by atoms with Crippen molar-refractivity contribution in [3.63, 3.8) is 0 Å². The molecule has 0 aliphatic carbocycles. The maximum Gasteiger partial charge on any atom is 0.410 e. The average molecular weight is 301 g/mol. The summed E-state index contributed by atoms with van der Waals surface area (Å²) < 4.78 is 15.7. The molecule has 122 valence electrons. The zero-order valence-electron chi connectivity index (χ0n) is 13.7. The number of hydrogen-bond acceptors (Lipinski definition) is 5. The molecule has 1 rings (SSSR count). The Hall–Kier alpha value is -1.30. The third-order valence-corrected chi connectivity index (χ3v) is 3.46. The zero-order valence-corrected chi connectivity index (χ0v) is 13.7. The smallest absolute Gasteiger partial charge is 0.410 e. The lowest BCUT2D eigenvalue weighted by atomic mass is 9.93. The number of hydrogen-bond donors (Lipinski definition) is 0. The molecule has 0 aromatic heterocycles. The van der Waals surface area contributed by atoms with E-state index in [2.05, 4.69) is 4.74 Å². The fraction of sp³-hybridized carbons (Fsp3) is 0.867. The van der Waals surface area contributed by atoms with Crippen molar-refractivity contribution in [2.75, 3.05) is 26.8 Å². The van der Waals surface area contributed by atoms with E-state index in [1.165, 1.54) is 7.11 Å². The minimum absolute atomic E-state index is 0.252. The topological polar surface area (TPSA) is 65.1 Å². The number of esters is 1. The van der Waals surface area contributed by atoms with Crippen molar-refractivity contribution in [2.24, 2.45) is 0 Å². The lowest BCUT2D eigenvalue weighted by Gasteiger charge is -2.39. The summed E-state index contributed by atoms with van der Waals surface area (Å²) in [5, 5.41) is 0. The maximum atomic E-state index is 12.0. The molecule has 0 saturated carbocycles. The Morgan fingerprint density at radius 1 is 1.19 bits per heavy atom. The van der Waals surface area contributed by atoms with Gasteiger partial charge in [-0.25, -0.2) is 4.79 Å². The predicted molar refractivity (Wildman–Crippen MR) is 78.0 cm³/mol. The molecule has 0 atom stereocenters. The summed E-state index contributed by atoms with van der Waals surface area (Å²) >= 11 is 0. The van der Waals surface area contributed by atoms with Crippen molar-refractivity contribution in [1.82, 2.24) is 4.90 Å². The van der Waals surface area contributed by atoms with E-state index in [0.717, 1.165) is 12.8 Å². The van der Waals surface area contributed by atoms with Crippen LogP contribution in [0.2, 0.25) is 0 Å². The molecular formula is C15H27NO5. The van der Waals surface area contributed by atoms with E-state index in [0.29, 0.717) is 19.7 Å². The van der Waals surface area contributed by atoms with Crippen molar-refractivity contribution in [3.8, 4) is 0 Å². The summed E-state index contributed by atoms with van der Waals surface area (Å²) in [6.45, 7) is 9.12. The lowest BCUT2D eigenvalue weighted by molar-refractivity contribution is -0.144. The summed E-state index contributed by atoms with van der Waals surface area (Å²) in [4.78, 5) is 24.7. The molecular weight excluding hydrogens is 274 g/mol. The van der Waals surface area contributed by atoms with Crippen LogP contribution in [0.1, 0.15) is 47.0 Å². The molecule has 0 aromatic rings. The third kappa shape index (κ3) is 6.33. The van der Waals surface area contributed by atoms with E-state index in [4.69, 9.17) is 9.47 Å². The molecule has 6 heteroatoms. The van der Waals surface area contributed by atoms with Gasteiger partial charge in [0.25, 0.3) is 0 Å². The Balaban J connectivity index is 2.36. The van der Waals surface area contributed by atoms with E-state index < -0.39 is 5.60 Å². The highest BCUT2D eigenvalue weighted by atomic mass is 16.6. The van der Waals surface area contributed by atoms with E-state index in [1.54, 1.807) is 4.90 Å². The fourth-order valence-corrected chi connectivity index (χ4v) is 2.12. The second kappa shape index (κ2) is 7.11. The molecule has 0 radical (unpaired) electrons. The predicted octanol–water partition coefficient (Wildman–Crippen LogP) is 2.36. The van der Waals surface area contributed by atoms with E-state index >= 15 is 0 Å². The summed E-state index contributed by atoms with van der Waals surface area (Å²) in [5.74, 6) is -0.273. The van der Waals surface area contributed by atoms with Gasteiger partial charge in [0, 0.05) is 13.1 Å². The van der Waals surface area contributed by atoms with Crippen molar-refractivity contribution < 1.29 is 23.8 Å². The molecule has 1 aliphatic rings. The van der Waals surface area contributed by atoms with Crippen LogP contribution in [-0.2, 0) is 19.0 Å². The molecule has 1 saturated heterocycles. The number of carbonyl (C=O) groups is 2. The van der Waals surface area contributed by atoms with Crippen LogP contribution in [0, 0.1) is 0 Å². The van der Waals surface area contributed by atoms with Crippen molar-refractivity contribution in [3.05, 3.63) is 0 Å². The van der Waals surface area contributed by atoms with Crippen LogP contribution < -0.4 is 0 Å². The van der Waals surface area contributed by atoms with Gasteiger partial charge in [-0.05, 0) is 40.5 Å². The Morgan fingerprint density at radius 2 is 1.76 bits per heavy atom. The van der Waals surface area contributed by atoms with Crippen LogP contribution in [0.3, 0.4) is 0 Å². The normalized spacial score (nSPS) is 18.2. The van der Waals surface area contributed by atoms with Gasteiger partial charge in [-0.3, -0.25) is 4.79 Å². The standard InChI is InChI=1S/C15H27NO5/c1-14(2,3)21-13(18)16-9-7-15(4,8-10-16)20-11-6-12(17)19-5/h6-11H2,1-5H3. The highest BCUT2D eigenvalue weighted by molar-refractivity contribution is 5.69. The van der Waals surface area contributed by atoms with E-state index in [-0.39, 0.29) is 24.1 Å². The highest BCUT2D eigenvalue weighted by Gasteiger charge is 2.34. The second-order valence-electron chi connectivity index (χ2n) is 6.59. The molecule has 0 aromatic carbocycles. The van der Waals surface area contributed by atoms with Crippen LogP contribution in [0.25, 0.3) is 0 Å². The first kappa shape index (κ1) is 17.8. The minimum Gasteiger partial charge on any atom is -0.469 e. The van der Waals surface area contributed by atoms with Crippen molar-refractivity contribution in [2.45, 2.75) is 58.2 Å².